The number of nitrogens with one attached hydrogen (secondary N) is 1. The fourth-order valence-corrected chi connectivity index (χ4v) is 6.97. The Morgan fingerprint density at radius 2 is 1.69 bits per heavy atom. The van der Waals surface area contributed by atoms with Gasteiger partial charge in [0.15, 0.2) is 0 Å². The van der Waals surface area contributed by atoms with E-state index in [9.17, 15) is 0 Å². The predicted molar refractivity (Wildman–Crippen MR) is 62.6 cm³/mol. The molecule has 1 aliphatic carbocycles. The summed E-state index contributed by atoms with van der Waals surface area (Å²) in [6.07, 6.45) is 5.45. The van der Waals surface area contributed by atoms with Crippen molar-refractivity contribution in [3.63, 3.8) is 0 Å². The van der Waals surface area contributed by atoms with Crippen molar-refractivity contribution < 1.29 is 0 Å². The van der Waals surface area contributed by atoms with E-state index in [1.807, 2.05) is 0 Å². The Balaban J connectivity index is 2.53. The molecule has 1 atom stereocenters. The van der Waals surface area contributed by atoms with Crippen molar-refractivity contribution in [2.75, 3.05) is 0 Å². The highest BCUT2D eigenvalue weighted by molar-refractivity contribution is 7.19. The molecular formula is C10H22ClNSi. The molecule has 0 aromatic carbocycles. The first-order valence-corrected chi connectivity index (χ1v) is 8.88. The molecule has 0 aromatic rings. The summed E-state index contributed by atoms with van der Waals surface area (Å²) in [5.74, 6) is 0. The molecule has 0 aromatic heterocycles. The lowest BCUT2D eigenvalue weighted by atomic mass is 10.1. The van der Waals surface area contributed by atoms with Gasteiger partial charge in [0, 0.05) is 5.54 Å². The fraction of sp³-hybridized carbons (Fsp3) is 1.00. The summed E-state index contributed by atoms with van der Waals surface area (Å²) < 4.78 is 0. The van der Waals surface area contributed by atoms with Crippen LogP contribution in [0.25, 0.3) is 0 Å². The topological polar surface area (TPSA) is 12.0 Å². The van der Waals surface area contributed by atoms with E-state index in [-0.39, 0.29) is 5.54 Å². The molecule has 13 heavy (non-hydrogen) atoms. The van der Waals surface area contributed by atoms with Gasteiger partial charge >= 0.3 is 0 Å². The van der Waals surface area contributed by atoms with Crippen molar-refractivity contribution in [1.82, 2.24) is 4.98 Å². The second-order valence-electron chi connectivity index (χ2n) is 5.43. The monoisotopic (exact) mass is 219 g/mol. The summed E-state index contributed by atoms with van der Waals surface area (Å²) in [5.41, 5.74) is 0.957. The minimum Gasteiger partial charge on any atom is -0.321 e. The Kier molecular flexibility index (Phi) is 3.47. The first-order chi connectivity index (χ1) is 5.81. The molecule has 1 N–H and O–H groups in total. The Labute approximate surface area is 88.0 Å². The molecule has 0 aliphatic heterocycles. The number of hydrogen-bond donors (Lipinski definition) is 1. The SMILES string of the molecule is CC(C)(C)N[Si](C)(Cl)C1CCCC1. The number of halogens is 1. The maximum Gasteiger partial charge on any atom is 0.226 e. The molecule has 3 heteroatoms. The second-order valence-corrected chi connectivity index (χ2v) is 11.0. The van der Waals surface area contributed by atoms with Crippen LogP contribution in [0.15, 0.2) is 0 Å². The zero-order chi connectivity index (χ0) is 10.1. The Hall–Kier alpha value is 0.467. The van der Waals surface area contributed by atoms with Gasteiger partial charge in [0.25, 0.3) is 0 Å². The van der Waals surface area contributed by atoms with Crippen LogP contribution in [0.2, 0.25) is 12.1 Å². The van der Waals surface area contributed by atoms with E-state index in [2.05, 4.69) is 32.3 Å². The minimum atomic E-state index is -1.68. The summed E-state index contributed by atoms with van der Waals surface area (Å²) >= 11 is 6.65. The smallest absolute Gasteiger partial charge is 0.226 e. The van der Waals surface area contributed by atoms with Crippen LogP contribution in [0.5, 0.6) is 0 Å². The molecule has 0 spiro atoms. The van der Waals surface area contributed by atoms with Crippen LogP contribution >= 0.6 is 11.1 Å². The molecule has 1 nitrogen and oxygen atoms in total. The van der Waals surface area contributed by atoms with E-state index < -0.39 is 7.55 Å². The lowest BCUT2D eigenvalue weighted by Crippen LogP contribution is -2.55. The maximum absolute atomic E-state index is 6.65. The van der Waals surface area contributed by atoms with Gasteiger partial charge in [-0.25, -0.2) is 0 Å². The average Bonchev–Trinajstić information content (AvgIpc) is 2.29. The fourth-order valence-electron chi connectivity index (χ4n) is 2.30. The van der Waals surface area contributed by atoms with E-state index in [0.717, 1.165) is 5.54 Å². The molecule has 1 saturated carbocycles. The van der Waals surface area contributed by atoms with Crippen molar-refractivity contribution in [2.24, 2.45) is 0 Å². The Morgan fingerprint density at radius 3 is 2.08 bits per heavy atom. The molecule has 0 bridgehead atoms. The molecule has 78 valence electrons. The van der Waals surface area contributed by atoms with Crippen molar-refractivity contribution in [3.05, 3.63) is 0 Å². The summed E-state index contributed by atoms with van der Waals surface area (Å²) in [6, 6.07) is 0. The average molecular weight is 220 g/mol. The molecule has 1 aliphatic rings. The van der Waals surface area contributed by atoms with Gasteiger partial charge in [-0.2, -0.15) is 0 Å². The van der Waals surface area contributed by atoms with Crippen LogP contribution in [0.3, 0.4) is 0 Å². The lowest BCUT2D eigenvalue weighted by molar-refractivity contribution is 0.509. The second kappa shape index (κ2) is 3.91. The minimum absolute atomic E-state index is 0.172. The van der Waals surface area contributed by atoms with Gasteiger partial charge in [-0.15, -0.1) is 11.1 Å². The van der Waals surface area contributed by atoms with Gasteiger partial charge in [-0.1, -0.05) is 25.7 Å². The molecule has 1 rings (SSSR count). The third-order valence-electron chi connectivity index (χ3n) is 2.74. The molecule has 0 saturated heterocycles. The van der Waals surface area contributed by atoms with Gasteiger partial charge < -0.3 is 4.98 Å². The van der Waals surface area contributed by atoms with Crippen LogP contribution < -0.4 is 4.98 Å². The van der Waals surface area contributed by atoms with E-state index in [0.29, 0.717) is 0 Å². The van der Waals surface area contributed by atoms with E-state index in [1.165, 1.54) is 25.7 Å². The van der Waals surface area contributed by atoms with Gasteiger partial charge in [0.2, 0.25) is 7.55 Å². The van der Waals surface area contributed by atoms with Crippen molar-refractivity contribution in [2.45, 2.75) is 64.1 Å². The quantitative estimate of drug-likeness (QED) is 0.553. The standard InChI is InChI=1S/C10H22ClNSi/c1-10(2,3)12-13(4,11)9-7-5-6-8-9/h9,12H,5-8H2,1-4H3. The summed E-state index contributed by atoms with van der Waals surface area (Å²) in [5, 5.41) is 0. The molecule has 1 unspecified atom stereocenters. The molecule has 1 fully saturated rings. The van der Waals surface area contributed by atoms with Gasteiger partial charge in [0.1, 0.15) is 0 Å². The van der Waals surface area contributed by atoms with E-state index in [4.69, 9.17) is 11.1 Å². The highest BCUT2D eigenvalue weighted by atomic mass is 35.6. The first-order valence-electron chi connectivity index (χ1n) is 5.29. The third kappa shape index (κ3) is 3.60. The van der Waals surface area contributed by atoms with Crippen LogP contribution in [-0.4, -0.2) is 13.1 Å². The molecule has 0 radical (unpaired) electrons. The van der Waals surface area contributed by atoms with Crippen LogP contribution in [-0.2, 0) is 0 Å². The molecular weight excluding hydrogens is 198 g/mol. The molecule has 0 heterocycles. The predicted octanol–water partition coefficient (Wildman–Crippen LogP) is 3.63. The van der Waals surface area contributed by atoms with Crippen molar-refractivity contribution >= 4 is 18.6 Å². The summed E-state index contributed by atoms with van der Waals surface area (Å²) in [7, 11) is -1.68. The zero-order valence-electron chi connectivity index (χ0n) is 9.28. The lowest BCUT2D eigenvalue weighted by Gasteiger charge is -2.35. The number of hydrogen-bond acceptors (Lipinski definition) is 1. The van der Waals surface area contributed by atoms with Crippen LogP contribution in [0, 0.1) is 0 Å². The Bertz CT molecular complexity index is 168. The number of rotatable bonds is 2. The summed E-state index contributed by atoms with van der Waals surface area (Å²) in [4.78, 5) is 3.64. The Morgan fingerprint density at radius 1 is 1.23 bits per heavy atom. The van der Waals surface area contributed by atoms with Gasteiger partial charge in [0.05, 0.1) is 0 Å². The van der Waals surface area contributed by atoms with Gasteiger partial charge in [-0.3, -0.25) is 0 Å². The maximum atomic E-state index is 6.65. The summed E-state index contributed by atoms with van der Waals surface area (Å²) in [6.45, 7) is 8.87. The normalized spacial score (nSPS) is 24.7. The largest absolute Gasteiger partial charge is 0.321 e. The van der Waals surface area contributed by atoms with Crippen molar-refractivity contribution in [3.8, 4) is 0 Å². The molecule has 0 amide bonds. The van der Waals surface area contributed by atoms with Crippen molar-refractivity contribution in [1.29, 1.82) is 0 Å². The van der Waals surface area contributed by atoms with Crippen LogP contribution in [0.4, 0.5) is 0 Å². The van der Waals surface area contributed by atoms with E-state index in [1.54, 1.807) is 0 Å². The van der Waals surface area contributed by atoms with Gasteiger partial charge in [-0.05, 0) is 32.9 Å². The van der Waals surface area contributed by atoms with Crippen LogP contribution in [0.1, 0.15) is 46.5 Å². The zero-order valence-corrected chi connectivity index (χ0v) is 11.0. The highest BCUT2D eigenvalue weighted by Crippen LogP contribution is 2.39. The first kappa shape index (κ1) is 11.5. The third-order valence-corrected chi connectivity index (χ3v) is 7.30. The highest BCUT2D eigenvalue weighted by Gasteiger charge is 2.39. The van der Waals surface area contributed by atoms with E-state index >= 15 is 0 Å².